The van der Waals surface area contributed by atoms with Crippen LogP contribution < -0.4 is 30.9 Å². The standard InChI is InChI=1S/C29H41N7O3/c1-29(2)17-36(21-7-5-6-8-21)25-23(35(3)27(29)38)16-31-28(34-25)33-22-14-9-18(15-24(22)39-4)26(37)32-20-12-10-19(30)11-13-20/h9,14-16,19-21H,5-8,10-13,17,30H2,1-4H3,(H,32,37)(H,31,33,34). The number of anilines is 4. The molecule has 1 aliphatic heterocycles. The second-order valence-corrected chi connectivity index (χ2v) is 11.8. The number of hydrogen-bond donors (Lipinski definition) is 3. The van der Waals surface area contributed by atoms with Crippen LogP contribution in [-0.4, -0.2) is 60.6 Å². The predicted octanol–water partition coefficient (Wildman–Crippen LogP) is 3.98. The maximum Gasteiger partial charge on any atom is 0.251 e. The molecule has 2 heterocycles. The first-order valence-electron chi connectivity index (χ1n) is 14.1. The molecule has 39 heavy (non-hydrogen) atoms. The van der Waals surface area contributed by atoms with Gasteiger partial charge in [0.05, 0.1) is 24.4 Å². The molecule has 2 fully saturated rings. The molecule has 2 aromatic rings. The zero-order valence-corrected chi connectivity index (χ0v) is 23.5. The molecule has 0 bridgehead atoms. The SMILES string of the molecule is COc1cc(C(=O)NC2CCC(N)CC2)ccc1Nc1ncc2c(n1)N(C1CCCC1)CC(C)(C)C(=O)N2C. The van der Waals surface area contributed by atoms with Crippen molar-refractivity contribution in [2.45, 2.75) is 83.3 Å². The van der Waals surface area contributed by atoms with Crippen LogP contribution in [0.5, 0.6) is 5.75 Å². The molecule has 0 spiro atoms. The van der Waals surface area contributed by atoms with Crippen molar-refractivity contribution in [3.8, 4) is 5.75 Å². The number of hydrogen-bond acceptors (Lipinski definition) is 8. The minimum atomic E-state index is -0.547. The third-order valence-corrected chi connectivity index (χ3v) is 8.42. The summed E-state index contributed by atoms with van der Waals surface area (Å²) in [5.41, 5.74) is 7.35. The van der Waals surface area contributed by atoms with Crippen molar-refractivity contribution < 1.29 is 14.3 Å². The Hall–Kier alpha value is -3.40. The first-order valence-corrected chi connectivity index (χ1v) is 14.1. The zero-order valence-electron chi connectivity index (χ0n) is 23.5. The molecular formula is C29H41N7O3. The number of nitrogens with zero attached hydrogens (tertiary/aromatic N) is 4. The predicted molar refractivity (Wildman–Crippen MR) is 153 cm³/mol. The summed E-state index contributed by atoms with van der Waals surface area (Å²) in [7, 11) is 3.37. The van der Waals surface area contributed by atoms with Crippen molar-refractivity contribution in [1.82, 2.24) is 15.3 Å². The molecule has 5 rings (SSSR count). The van der Waals surface area contributed by atoms with E-state index in [2.05, 4.69) is 20.5 Å². The molecule has 0 radical (unpaired) electrons. The average Bonchev–Trinajstić information content (AvgIpc) is 3.45. The van der Waals surface area contributed by atoms with Gasteiger partial charge in [-0.2, -0.15) is 4.98 Å². The number of benzene rings is 1. The number of rotatable bonds is 6. The number of aromatic nitrogens is 2. The Bertz CT molecular complexity index is 1220. The number of amides is 2. The largest absolute Gasteiger partial charge is 0.495 e. The van der Waals surface area contributed by atoms with Crippen LogP contribution in [0.15, 0.2) is 24.4 Å². The summed E-state index contributed by atoms with van der Waals surface area (Å²) in [5, 5.41) is 6.41. The Balaban J connectivity index is 1.39. The third-order valence-electron chi connectivity index (χ3n) is 8.42. The van der Waals surface area contributed by atoms with Crippen LogP contribution in [0.25, 0.3) is 0 Å². The van der Waals surface area contributed by atoms with E-state index >= 15 is 0 Å². The lowest BCUT2D eigenvalue weighted by molar-refractivity contribution is -0.125. The number of carbonyl (C=O) groups is 2. The summed E-state index contributed by atoms with van der Waals surface area (Å²) in [6, 6.07) is 6.04. The van der Waals surface area contributed by atoms with Crippen molar-refractivity contribution in [3.05, 3.63) is 30.0 Å². The molecule has 4 N–H and O–H groups in total. The highest BCUT2D eigenvalue weighted by Gasteiger charge is 2.41. The van der Waals surface area contributed by atoms with Crippen molar-refractivity contribution in [1.29, 1.82) is 0 Å². The van der Waals surface area contributed by atoms with Gasteiger partial charge >= 0.3 is 0 Å². The Morgan fingerprint density at radius 2 is 1.85 bits per heavy atom. The van der Waals surface area contributed by atoms with Crippen LogP contribution in [0, 0.1) is 5.41 Å². The summed E-state index contributed by atoms with van der Waals surface area (Å²) in [6.07, 6.45) is 9.91. The molecule has 1 aromatic carbocycles. The van der Waals surface area contributed by atoms with Crippen molar-refractivity contribution in [3.63, 3.8) is 0 Å². The van der Waals surface area contributed by atoms with Crippen LogP contribution in [0.3, 0.4) is 0 Å². The van der Waals surface area contributed by atoms with Gasteiger partial charge in [-0.25, -0.2) is 4.98 Å². The topological polar surface area (TPSA) is 126 Å². The number of nitrogens with two attached hydrogens (primary N) is 1. The lowest BCUT2D eigenvalue weighted by Crippen LogP contribution is -2.45. The Morgan fingerprint density at radius 3 is 2.54 bits per heavy atom. The summed E-state index contributed by atoms with van der Waals surface area (Å²) in [6.45, 7) is 4.60. The Labute approximate surface area is 230 Å². The molecule has 0 saturated heterocycles. The van der Waals surface area contributed by atoms with Crippen molar-refractivity contribution in [2.75, 3.05) is 35.8 Å². The summed E-state index contributed by atoms with van der Waals surface area (Å²) >= 11 is 0. The van der Waals surface area contributed by atoms with E-state index in [1.807, 2.05) is 19.9 Å². The van der Waals surface area contributed by atoms with Crippen LogP contribution in [0.2, 0.25) is 0 Å². The Morgan fingerprint density at radius 1 is 1.13 bits per heavy atom. The quantitative estimate of drug-likeness (QED) is 0.507. The fourth-order valence-corrected chi connectivity index (χ4v) is 6.11. The van der Waals surface area contributed by atoms with Crippen LogP contribution >= 0.6 is 0 Å². The highest BCUT2D eigenvalue weighted by molar-refractivity contribution is 6.01. The normalized spacial score (nSPS) is 23.3. The summed E-state index contributed by atoms with van der Waals surface area (Å²) in [5.74, 6) is 1.63. The van der Waals surface area contributed by atoms with E-state index < -0.39 is 5.41 Å². The van der Waals surface area contributed by atoms with E-state index in [1.165, 1.54) is 12.8 Å². The smallest absolute Gasteiger partial charge is 0.251 e. The van der Waals surface area contributed by atoms with Gasteiger partial charge in [-0.3, -0.25) is 9.59 Å². The third kappa shape index (κ3) is 5.66. The summed E-state index contributed by atoms with van der Waals surface area (Å²) < 4.78 is 5.63. The van der Waals surface area contributed by atoms with E-state index in [9.17, 15) is 9.59 Å². The van der Waals surface area contributed by atoms with E-state index in [0.29, 0.717) is 41.2 Å². The number of fused-ring (bicyclic) bond motifs is 1. The van der Waals surface area contributed by atoms with E-state index in [0.717, 1.165) is 44.3 Å². The van der Waals surface area contributed by atoms with Gasteiger partial charge in [-0.1, -0.05) is 12.8 Å². The van der Waals surface area contributed by atoms with Crippen LogP contribution in [0.1, 0.15) is 75.6 Å². The fraction of sp³-hybridized carbons (Fsp3) is 0.586. The fourth-order valence-electron chi connectivity index (χ4n) is 6.11. The molecule has 1 aromatic heterocycles. The minimum Gasteiger partial charge on any atom is -0.495 e. The molecule has 10 heteroatoms. The summed E-state index contributed by atoms with van der Waals surface area (Å²) in [4.78, 5) is 39.6. The van der Waals surface area contributed by atoms with Crippen LogP contribution in [-0.2, 0) is 4.79 Å². The maximum atomic E-state index is 13.2. The van der Waals surface area contributed by atoms with Gasteiger partial charge in [-0.05, 0) is 70.6 Å². The van der Waals surface area contributed by atoms with Gasteiger partial charge in [-0.15, -0.1) is 0 Å². The van der Waals surface area contributed by atoms with Crippen molar-refractivity contribution in [2.24, 2.45) is 11.1 Å². The minimum absolute atomic E-state index is 0.0557. The molecule has 2 saturated carbocycles. The number of methoxy groups -OCH3 is 1. The van der Waals surface area contributed by atoms with Gasteiger partial charge in [0.2, 0.25) is 11.9 Å². The lowest BCUT2D eigenvalue weighted by Gasteiger charge is -2.34. The second-order valence-electron chi connectivity index (χ2n) is 11.8. The monoisotopic (exact) mass is 535 g/mol. The molecule has 2 aliphatic carbocycles. The van der Waals surface area contributed by atoms with Crippen LogP contribution in [0.4, 0.5) is 23.1 Å². The van der Waals surface area contributed by atoms with Crippen molar-refractivity contribution >= 4 is 35.0 Å². The maximum absolute atomic E-state index is 13.2. The van der Waals surface area contributed by atoms with Gasteiger partial charge in [0.1, 0.15) is 11.4 Å². The van der Waals surface area contributed by atoms with Gasteiger partial charge in [0, 0.05) is 37.3 Å². The molecule has 10 nitrogen and oxygen atoms in total. The first kappa shape index (κ1) is 27.2. The lowest BCUT2D eigenvalue weighted by atomic mass is 9.91. The molecule has 2 amide bonds. The van der Waals surface area contributed by atoms with Gasteiger partial charge in [0.15, 0.2) is 5.82 Å². The Kier molecular flexibility index (Phi) is 7.66. The van der Waals surface area contributed by atoms with E-state index in [4.69, 9.17) is 15.5 Å². The molecule has 210 valence electrons. The number of nitrogens with one attached hydrogen (secondary N) is 2. The average molecular weight is 536 g/mol. The van der Waals surface area contributed by atoms with E-state index in [-0.39, 0.29) is 23.9 Å². The zero-order chi connectivity index (χ0) is 27.7. The molecule has 3 aliphatic rings. The number of carbonyl (C=O) groups excluding carboxylic acids is 2. The highest BCUT2D eigenvalue weighted by Crippen LogP contribution is 2.40. The number of ether oxygens (including phenoxy) is 1. The molecular weight excluding hydrogens is 494 g/mol. The molecule has 0 atom stereocenters. The van der Waals surface area contributed by atoms with Gasteiger partial charge < -0.3 is 30.9 Å². The molecule has 0 unspecified atom stereocenters. The second kappa shape index (κ2) is 11.0. The van der Waals surface area contributed by atoms with Gasteiger partial charge in [0.25, 0.3) is 5.91 Å². The van der Waals surface area contributed by atoms with E-state index in [1.54, 1.807) is 37.4 Å². The first-order chi connectivity index (χ1) is 18.7. The highest BCUT2D eigenvalue weighted by atomic mass is 16.5.